The van der Waals surface area contributed by atoms with Gasteiger partial charge < -0.3 is 10.8 Å². The molecule has 4 aromatic rings. The van der Waals surface area contributed by atoms with Gasteiger partial charge in [-0.25, -0.2) is 0 Å². The van der Waals surface area contributed by atoms with Crippen molar-refractivity contribution in [1.82, 2.24) is 4.98 Å². The first-order valence-corrected chi connectivity index (χ1v) is 13.1. The molecular weight excluding hydrogens is 470 g/mol. The summed E-state index contributed by atoms with van der Waals surface area (Å²) in [5.74, 6) is 0.0885. The number of pyridine rings is 1. The highest BCUT2D eigenvalue weighted by Gasteiger charge is 2.19. The lowest BCUT2D eigenvalue weighted by Gasteiger charge is -2.10. The van der Waals surface area contributed by atoms with Crippen molar-refractivity contribution >= 4 is 50.7 Å². The van der Waals surface area contributed by atoms with Crippen LogP contribution in [0.15, 0.2) is 60.8 Å². The number of thiophene rings is 1. The molecule has 1 saturated carbocycles. The lowest BCUT2D eigenvalue weighted by molar-refractivity contribution is 0.273. The molecule has 0 aliphatic heterocycles. The number of aliphatic hydroxyl groups excluding tert-OH is 1. The number of nitrogens with two attached hydrogens (primary N) is 2. The largest absolute Gasteiger partial charge is 0.399 e. The minimum atomic E-state index is 0.0885. The first-order chi connectivity index (χ1) is 16.0. The maximum atomic E-state index is 9.47. The summed E-state index contributed by atoms with van der Waals surface area (Å²) < 4.78 is 1.21. The zero-order valence-corrected chi connectivity index (χ0v) is 20.9. The summed E-state index contributed by atoms with van der Waals surface area (Å²) in [7, 11) is 0. The van der Waals surface area contributed by atoms with Crippen LogP contribution in [0.25, 0.3) is 21.3 Å². The molecule has 0 spiro atoms. The monoisotopic (exact) mass is 497 g/mol. The molecule has 1 aliphatic rings. The van der Waals surface area contributed by atoms with Crippen molar-refractivity contribution in [3.8, 4) is 11.3 Å². The van der Waals surface area contributed by atoms with Gasteiger partial charge in [-0.1, -0.05) is 48.7 Å². The molecule has 2 aromatic carbocycles. The molecule has 1 atom stereocenters. The van der Waals surface area contributed by atoms with Crippen LogP contribution in [0.4, 0.5) is 5.69 Å². The minimum Gasteiger partial charge on any atom is -0.399 e. The third kappa shape index (κ3) is 6.08. The second kappa shape index (κ2) is 10.9. The number of hydrogen-bond donors (Lipinski definition) is 3. The molecule has 0 bridgehead atoms. The Bertz CT molecular complexity index is 1240. The van der Waals surface area contributed by atoms with Crippen molar-refractivity contribution in [3.05, 3.63) is 81.8 Å². The van der Waals surface area contributed by atoms with Crippen LogP contribution in [0, 0.1) is 0 Å². The van der Waals surface area contributed by atoms with Crippen LogP contribution in [0.3, 0.4) is 0 Å². The predicted molar refractivity (Wildman–Crippen MR) is 144 cm³/mol. The number of aromatic nitrogens is 1. The molecule has 0 saturated heterocycles. The van der Waals surface area contributed by atoms with Crippen LogP contribution >= 0.6 is 34.9 Å². The molecular formula is C26H28ClN3OS2. The number of anilines is 1. The van der Waals surface area contributed by atoms with Crippen LogP contribution in [-0.2, 0) is 6.42 Å². The van der Waals surface area contributed by atoms with Crippen molar-refractivity contribution in [2.45, 2.75) is 37.4 Å². The fraction of sp³-hybridized carbons (Fsp3) is 0.269. The minimum absolute atomic E-state index is 0.0885. The SMILES string of the molecule is CC(CO)c1ccnc(-c2cccc3cc(Cc4cc(N)ccc4Cl)sc23)c1.NSC1CC1. The molecule has 33 heavy (non-hydrogen) atoms. The molecule has 2 heterocycles. The Morgan fingerprint density at radius 1 is 1.18 bits per heavy atom. The molecule has 0 radical (unpaired) electrons. The van der Waals surface area contributed by atoms with Crippen molar-refractivity contribution in [2.75, 3.05) is 12.3 Å². The molecule has 4 nitrogen and oxygen atoms in total. The van der Waals surface area contributed by atoms with E-state index in [4.69, 9.17) is 22.5 Å². The maximum absolute atomic E-state index is 9.47. The summed E-state index contributed by atoms with van der Waals surface area (Å²) in [6.07, 6.45) is 5.26. The van der Waals surface area contributed by atoms with Gasteiger partial charge in [0.15, 0.2) is 0 Å². The lowest BCUT2D eigenvalue weighted by atomic mass is 10.0. The van der Waals surface area contributed by atoms with Crippen LogP contribution < -0.4 is 10.9 Å². The number of nitrogens with zero attached hydrogens (tertiary/aromatic N) is 1. The maximum Gasteiger partial charge on any atom is 0.0719 e. The second-order valence-electron chi connectivity index (χ2n) is 8.36. The number of benzene rings is 2. The van der Waals surface area contributed by atoms with E-state index in [0.29, 0.717) is 0 Å². The van der Waals surface area contributed by atoms with Gasteiger partial charge in [0.25, 0.3) is 0 Å². The smallest absolute Gasteiger partial charge is 0.0719 e. The van der Waals surface area contributed by atoms with Crippen molar-refractivity contribution < 1.29 is 5.11 Å². The summed E-state index contributed by atoms with van der Waals surface area (Å²) in [6.45, 7) is 2.13. The first kappa shape index (κ1) is 24.0. The molecule has 7 heteroatoms. The van der Waals surface area contributed by atoms with E-state index in [1.165, 1.54) is 39.8 Å². The van der Waals surface area contributed by atoms with Gasteiger partial charge in [0.1, 0.15) is 0 Å². The summed E-state index contributed by atoms with van der Waals surface area (Å²) >= 11 is 9.60. The van der Waals surface area contributed by atoms with Crippen LogP contribution in [0.5, 0.6) is 0 Å². The highest BCUT2D eigenvalue weighted by atomic mass is 35.5. The van der Waals surface area contributed by atoms with E-state index < -0.39 is 0 Å². The summed E-state index contributed by atoms with van der Waals surface area (Å²) in [4.78, 5) is 5.81. The number of aliphatic hydroxyl groups is 1. The molecule has 0 amide bonds. The van der Waals surface area contributed by atoms with E-state index in [9.17, 15) is 5.11 Å². The van der Waals surface area contributed by atoms with Gasteiger partial charge in [-0.15, -0.1) is 11.3 Å². The number of nitrogen functional groups attached to an aromatic ring is 1. The molecule has 1 unspecified atom stereocenters. The Labute approximate surface area is 208 Å². The topological polar surface area (TPSA) is 85.2 Å². The molecule has 1 fully saturated rings. The Kier molecular flexibility index (Phi) is 7.94. The Morgan fingerprint density at radius 3 is 2.70 bits per heavy atom. The number of fused-ring (bicyclic) bond motifs is 1. The normalized spacial score (nSPS) is 14.1. The summed E-state index contributed by atoms with van der Waals surface area (Å²) in [6, 6.07) is 18.1. The van der Waals surface area contributed by atoms with Gasteiger partial charge in [0.2, 0.25) is 0 Å². The van der Waals surface area contributed by atoms with Crippen molar-refractivity contribution in [2.24, 2.45) is 5.14 Å². The van der Waals surface area contributed by atoms with Gasteiger partial charge in [-0.2, -0.15) is 0 Å². The number of halogens is 1. The zero-order valence-electron chi connectivity index (χ0n) is 18.5. The van der Waals surface area contributed by atoms with Crippen molar-refractivity contribution in [3.63, 3.8) is 0 Å². The van der Waals surface area contributed by atoms with Crippen LogP contribution in [-0.4, -0.2) is 21.9 Å². The second-order valence-corrected chi connectivity index (χ2v) is 10.8. The zero-order chi connectivity index (χ0) is 23.4. The Balaban J connectivity index is 0.000000459. The summed E-state index contributed by atoms with van der Waals surface area (Å²) in [5.41, 5.74) is 10.8. The van der Waals surface area contributed by atoms with E-state index in [0.717, 1.165) is 44.8 Å². The van der Waals surface area contributed by atoms with Gasteiger partial charge >= 0.3 is 0 Å². The fourth-order valence-electron chi connectivity index (χ4n) is 3.53. The van der Waals surface area contributed by atoms with E-state index in [1.807, 2.05) is 37.4 Å². The molecule has 5 N–H and O–H groups in total. The third-order valence-corrected chi connectivity index (χ3v) is 8.06. The standard InChI is InChI=1S/C23H21ClN2OS.C3H7NS/c1-14(13-27)15-7-8-26-22(12-15)20-4-2-3-16-10-19(28-23(16)20)11-17-9-18(25)5-6-21(17)24;4-5-3-1-2-3/h2-10,12,14,27H,11,13,25H2,1H3;3H,1-2,4H2. The van der Waals surface area contributed by atoms with Gasteiger partial charge in [-0.05, 0) is 65.8 Å². The number of hydrogen-bond acceptors (Lipinski definition) is 6. The molecule has 1 aliphatic carbocycles. The Hall–Kier alpha value is -2.09. The van der Waals surface area contributed by atoms with Crippen LogP contribution in [0.2, 0.25) is 5.02 Å². The quantitative estimate of drug-likeness (QED) is 0.205. The molecule has 2 aromatic heterocycles. The summed E-state index contributed by atoms with van der Waals surface area (Å²) in [5, 5.41) is 17.4. The average Bonchev–Trinajstić information content (AvgIpc) is 3.59. The number of rotatable bonds is 6. The Morgan fingerprint density at radius 2 is 2.00 bits per heavy atom. The highest BCUT2D eigenvalue weighted by Crippen LogP contribution is 2.36. The van der Waals surface area contributed by atoms with Crippen LogP contribution in [0.1, 0.15) is 41.7 Å². The van der Waals surface area contributed by atoms with E-state index in [-0.39, 0.29) is 12.5 Å². The fourth-order valence-corrected chi connectivity index (χ4v) is 5.33. The molecule has 5 rings (SSSR count). The third-order valence-electron chi connectivity index (χ3n) is 5.65. The van der Waals surface area contributed by atoms with E-state index >= 15 is 0 Å². The first-order valence-electron chi connectivity index (χ1n) is 11.0. The molecule has 172 valence electrons. The van der Waals surface area contributed by atoms with Gasteiger partial charge in [0, 0.05) is 56.2 Å². The van der Waals surface area contributed by atoms with Gasteiger partial charge in [-0.3, -0.25) is 10.1 Å². The predicted octanol–water partition coefficient (Wildman–Crippen LogP) is 6.64. The van der Waals surface area contributed by atoms with Gasteiger partial charge in [0.05, 0.1) is 5.69 Å². The average molecular weight is 498 g/mol. The van der Waals surface area contributed by atoms with Crippen molar-refractivity contribution in [1.29, 1.82) is 0 Å². The van der Waals surface area contributed by atoms with E-state index in [2.05, 4.69) is 35.3 Å². The van der Waals surface area contributed by atoms with E-state index in [1.54, 1.807) is 11.3 Å². The highest BCUT2D eigenvalue weighted by molar-refractivity contribution is 7.97. The lowest BCUT2D eigenvalue weighted by Crippen LogP contribution is -1.99.